The van der Waals surface area contributed by atoms with Crippen LogP contribution in [-0.4, -0.2) is 0 Å². The van der Waals surface area contributed by atoms with Crippen molar-refractivity contribution in [3.8, 4) is 11.5 Å². The zero-order valence-corrected chi connectivity index (χ0v) is 10.1. The molecule has 2 aromatic rings. The van der Waals surface area contributed by atoms with Gasteiger partial charge in [-0.15, -0.1) is 0 Å². The molecule has 0 radical (unpaired) electrons. The molecule has 0 aliphatic rings. The van der Waals surface area contributed by atoms with E-state index < -0.39 is 40.7 Å². The number of halogens is 6. The summed E-state index contributed by atoms with van der Waals surface area (Å²) in [6.07, 6.45) is -4.90. The SMILES string of the molecule is Nc1ccc(F)cc1Oc1c(F)cc(C(F)(F)F)cc1F. The molecule has 21 heavy (non-hydrogen) atoms. The number of anilines is 1. The maximum absolute atomic E-state index is 13.6. The van der Waals surface area contributed by atoms with E-state index in [0.717, 1.165) is 18.2 Å². The Bertz CT molecular complexity index is 660. The summed E-state index contributed by atoms with van der Waals surface area (Å²) in [5, 5.41) is 0. The summed E-state index contributed by atoms with van der Waals surface area (Å²) in [6, 6.07) is 2.99. The molecule has 0 bridgehead atoms. The zero-order valence-electron chi connectivity index (χ0n) is 10.1. The van der Waals surface area contributed by atoms with Crippen LogP contribution in [0.4, 0.5) is 32.0 Å². The lowest BCUT2D eigenvalue weighted by atomic mass is 10.2. The monoisotopic (exact) mass is 307 g/mol. The Morgan fingerprint density at radius 1 is 0.905 bits per heavy atom. The second kappa shape index (κ2) is 5.19. The quantitative estimate of drug-likeness (QED) is 0.655. The van der Waals surface area contributed by atoms with Gasteiger partial charge in [0.1, 0.15) is 5.82 Å². The van der Waals surface area contributed by atoms with Crippen LogP contribution in [-0.2, 0) is 6.18 Å². The number of alkyl halides is 3. The van der Waals surface area contributed by atoms with Crippen LogP contribution in [0, 0.1) is 17.5 Å². The summed E-state index contributed by atoms with van der Waals surface area (Å²) in [7, 11) is 0. The number of ether oxygens (including phenoxy) is 1. The highest BCUT2D eigenvalue weighted by Crippen LogP contribution is 2.36. The van der Waals surface area contributed by atoms with Gasteiger partial charge in [0.05, 0.1) is 11.3 Å². The Labute approximate surface area is 114 Å². The van der Waals surface area contributed by atoms with Gasteiger partial charge in [-0.1, -0.05) is 0 Å². The lowest BCUT2D eigenvalue weighted by Crippen LogP contribution is -2.07. The molecule has 8 heteroatoms. The smallest absolute Gasteiger partial charge is 0.416 e. The van der Waals surface area contributed by atoms with Crippen molar-refractivity contribution in [1.29, 1.82) is 0 Å². The summed E-state index contributed by atoms with van der Waals surface area (Å²) in [5.41, 5.74) is 3.79. The summed E-state index contributed by atoms with van der Waals surface area (Å²) in [6.45, 7) is 0. The van der Waals surface area contributed by atoms with Gasteiger partial charge < -0.3 is 10.5 Å². The number of hydrogen-bond acceptors (Lipinski definition) is 2. The fourth-order valence-electron chi connectivity index (χ4n) is 1.53. The van der Waals surface area contributed by atoms with Crippen molar-refractivity contribution >= 4 is 5.69 Å². The molecular weight excluding hydrogens is 300 g/mol. The number of hydrogen-bond donors (Lipinski definition) is 1. The van der Waals surface area contributed by atoms with Gasteiger partial charge >= 0.3 is 6.18 Å². The first-order valence-electron chi connectivity index (χ1n) is 5.47. The van der Waals surface area contributed by atoms with Gasteiger partial charge in [-0.05, 0) is 24.3 Å². The molecule has 0 saturated heterocycles. The van der Waals surface area contributed by atoms with Crippen LogP contribution >= 0.6 is 0 Å². The van der Waals surface area contributed by atoms with Gasteiger partial charge in [-0.25, -0.2) is 13.2 Å². The Morgan fingerprint density at radius 3 is 2.00 bits per heavy atom. The molecule has 0 amide bonds. The predicted molar refractivity (Wildman–Crippen MR) is 62.2 cm³/mol. The Morgan fingerprint density at radius 2 is 1.48 bits per heavy atom. The highest BCUT2D eigenvalue weighted by Gasteiger charge is 2.33. The van der Waals surface area contributed by atoms with Gasteiger partial charge in [0, 0.05) is 6.07 Å². The van der Waals surface area contributed by atoms with Crippen LogP contribution in [0.1, 0.15) is 5.56 Å². The van der Waals surface area contributed by atoms with Gasteiger partial charge in [-0.2, -0.15) is 13.2 Å². The van der Waals surface area contributed by atoms with Crippen LogP contribution in [0.5, 0.6) is 11.5 Å². The van der Waals surface area contributed by atoms with Crippen molar-refractivity contribution in [2.75, 3.05) is 5.73 Å². The largest absolute Gasteiger partial charge is 0.449 e. The van der Waals surface area contributed by atoms with Gasteiger partial charge in [0.15, 0.2) is 23.1 Å². The highest BCUT2D eigenvalue weighted by molar-refractivity contribution is 5.54. The van der Waals surface area contributed by atoms with Crippen molar-refractivity contribution in [3.63, 3.8) is 0 Å². The van der Waals surface area contributed by atoms with E-state index in [1.54, 1.807) is 0 Å². The van der Waals surface area contributed by atoms with Crippen molar-refractivity contribution in [1.82, 2.24) is 0 Å². The lowest BCUT2D eigenvalue weighted by Gasteiger charge is -2.12. The third kappa shape index (κ3) is 3.21. The molecule has 0 spiro atoms. The molecule has 0 saturated carbocycles. The van der Waals surface area contributed by atoms with E-state index in [2.05, 4.69) is 0 Å². The first kappa shape index (κ1) is 15.0. The molecular formula is C13H7F6NO. The Hall–Kier alpha value is -2.38. The van der Waals surface area contributed by atoms with E-state index in [1.807, 2.05) is 0 Å². The normalized spacial score (nSPS) is 11.5. The molecule has 0 unspecified atom stereocenters. The van der Waals surface area contributed by atoms with Crippen molar-refractivity contribution in [2.45, 2.75) is 6.18 Å². The second-order valence-electron chi connectivity index (χ2n) is 4.05. The van der Waals surface area contributed by atoms with E-state index in [-0.39, 0.29) is 17.8 Å². The van der Waals surface area contributed by atoms with Gasteiger partial charge in [0.2, 0.25) is 0 Å². The number of nitrogens with two attached hydrogens (primary N) is 1. The first-order chi connectivity index (χ1) is 9.68. The third-order valence-corrected chi connectivity index (χ3v) is 2.51. The molecule has 2 aromatic carbocycles. The van der Waals surface area contributed by atoms with Crippen molar-refractivity contribution < 1.29 is 31.1 Å². The minimum atomic E-state index is -4.90. The van der Waals surface area contributed by atoms with Crippen LogP contribution in [0.25, 0.3) is 0 Å². The summed E-state index contributed by atoms with van der Waals surface area (Å²) in [5.74, 6) is -5.45. The van der Waals surface area contributed by atoms with Crippen molar-refractivity contribution in [2.24, 2.45) is 0 Å². The van der Waals surface area contributed by atoms with E-state index in [1.165, 1.54) is 0 Å². The molecule has 0 aromatic heterocycles. The van der Waals surface area contributed by atoms with Gasteiger partial charge in [0.25, 0.3) is 0 Å². The van der Waals surface area contributed by atoms with Crippen LogP contribution in [0.2, 0.25) is 0 Å². The number of benzene rings is 2. The predicted octanol–water partition coefficient (Wildman–Crippen LogP) is 4.50. The van der Waals surface area contributed by atoms with Crippen LogP contribution in [0.15, 0.2) is 30.3 Å². The van der Waals surface area contributed by atoms with Crippen molar-refractivity contribution in [3.05, 3.63) is 53.3 Å². The molecule has 112 valence electrons. The molecule has 2 nitrogen and oxygen atoms in total. The Balaban J connectivity index is 2.44. The lowest BCUT2D eigenvalue weighted by molar-refractivity contribution is -0.138. The van der Waals surface area contributed by atoms with Crippen LogP contribution in [0.3, 0.4) is 0 Å². The molecule has 0 heterocycles. The standard InChI is InChI=1S/C13H7F6NO/c14-7-1-2-10(20)11(5-7)21-12-8(15)3-6(4-9(12)16)13(17,18)19/h1-5H,20H2. The fraction of sp³-hybridized carbons (Fsp3) is 0.0769. The van der Waals surface area contributed by atoms with E-state index in [0.29, 0.717) is 0 Å². The summed E-state index contributed by atoms with van der Waals surface area (Å²) in [4.78, 5) is 0. The first-order valence-corrected chi connectivity index (χ1v) is 5.47. The van der Waals surface area contributed by atoms with E-state index >= 15 is 0 Å². The van der Waals surface area contributed by atoms with Crippen LogP contribution < -0.4 is 10.5 Å². The average Bonchev–Trinajstić information content (AvgIpc) is 2.36. The minimum Gasteiger partial charge on any atom is -0.449 e. The van der Waals surface area contributed by atoms with E-state index in [4.69, 9.17) is 10.5 Å². The van der Waals surface area contributed by atoms with E-state index in [9.17, 15) is 26.3 Å². The zero-order chi connectivity index (χ0) is 15.8. The fourth-order valence-corrected chi connectivity index (χ4v) is 1.53. The summed E-state index contributed by atoms with van der Waals surface area (Å²) < 4.78 is 82.0. The summed E-state index contributed by atoms with van der Waals surface area (Å²) >= 11 is 0. The van der Waals surface area contributed by atoms with Gasteiger partial charge in [-0.3, -0.25) is 0 Å². The maximum Gasteiger partial charge on any atom is 0.416 e. The second-order valence-corrected chi connectivity index (χ2v) is 4.05. The number of nitrogen functional groups attached to an aromatic ring is 1. The molecule has 0 aliphatic heterocycles. The molecule has 0 fully saturated rings. The highest BCUT2D eigenvalue weighted by atomic mass is 19.4. The molecule has 0 atom stereocenters. The topological polar surface area (TPSA) is 35.2 Å². The third-order valence-electron chi connectivity index (χ3n) is 2.51. The Kier molecular flexibility index (Phi) is 3.71. The maximum atomic E-state index is 13.6. The molecule has 2 rings (SSSR count). The average molecular weight is 307 g/mol. The molecule has 2 N–H and O–H groups in total. The minimum absolute atomic E-state index is 0.0773. The molecule has 0 aliphatic carbocycles. The number of rotatable bonds is 2.